The Kier molecular flexibility index (Phi) is 6.17. The molecular formula is C25H23FN4O3. The van der Waals surface area contributed by atoms with Crippen molar-refractivity contribution in [3.8, 4) is 11.3 Å². The van der Waals surface area contributed by atoms with E-state index in [4.69, 9.17) is 9.72 Å². The topological polar surface area (TPSA) is 86.1 Å². The first-order valence-electron chi connectivity index (χ1n) is 10.5. The van der Waals surface area contributed by atoms with E-state index in [9.17, 15) is 14.0 Å². The number of hydrogen-bond acceptors (Lipinski definition) is 5. The minimum Gasteiger partial charge on any atom is -0.449 e. The van der Waals surface area contributed by atoms with E-state index < -0.39 is 23.8 Å². The van der Waals surface area contributed by atoms with E-state index in [1.54, 1.807) is 23.0 Å². The van der Waals surface area contributed by atoms with Crippen molar-refractivity contribution >= 4 is 28.6 Å². The largest absolute Gasteiger partial charge is 0.449 e. The predicted octanol–water partition coefficient (Wildman–Crippen LogP) is 5.00. The third kappa shape index (κ3) is 4.59. The summed E-state index contributed by atoms with van der Waals surface area (Å²) >= 11 is 0. The zero-order valence-corrected chi connectivity index (χ0v) is 18.4. The van der Waals surface area contributed by atoms with Gasteiger partial charge in [0.1, 0.15) is 5.82 Å². The van der Waals surface area contributed by atoms with Gasteiger partial charge >= 0.3 is 5.97 Å². The number of hydrogen-bond donors (Lipinski definition) is 1. The summed E-state index contributed by atoms with van der Waals surface area (Å²) in [7, 11) is 0. The Hall–Kier alpha value is -4.07. The van der Waals surface area contributed by atoms with Crippen LogP contribution in [0.5, 0.6) is 0 Å². The van der Waals surface area contributed by atoms with Crippen LogP contribution in [-0.2, 0) is 9.53 Å². The zero-order chi connectivity index (χ0) is 23.5. The number of amides is 1. The average molecular weight is 446 g/mol. The number of fused-ring (bicyclic) bond motifs is 1. The molecule has 168 valence electrons. The number of para-hydroxylation sites is 1. The molecule has 8 heteroatoms. The molecule has 0 spiro atoms. The smallest absolute Gasteiger partial charge is 0.339 e. The molecule has 1 N–H and O–H groups in total. The van der Waals surface area contributed by atoms with Crippen molar-refractivity contribution in [1.82, 2.24) is 14.8 Å². The number of carbonyl (C=O) groups is 2. The van der Waals surface area contributed by atoms with E-state index in [2.05, 4.69) is 10.4 Å². The first kappa shape index (κ1) is 22.1. The third-order valence-electron chi connectivity index (χ3n) is 5.13. The summed E-state index contributed by atoms with van der Waals surface area (Å²) in [5.74, 6) is -1.91. The van der Waals surface area contributed by atoms with E-state index in [0.29, 0.717) is 16.7 Å². The van der Waals surface area contributed by atoms with Crippen LogP contribution in [0.25, 0.3) is 22.3 Å². The number of anilines is 1. The van der Waals surface area contributed by atoms with Crippen molar-refractivity contribution in [3.63, 3.8) is 0 Å². The number of benzene rings is 2. The molecule has 4 rings (SSSR count). The molecule has 0 radical (unpaired) electrons. The summed E-state index contributed by atoms with van der Waals surface area (Å²) in [4.78, 5) is 30.3. The van der Waals surface area contributed by atoms with Crippen molar-refractivity contribution in [2.45, 2.75) is 32.9 Å². The van der Waals surface area contributed by atoms with Gasteiger partial charge in [-0.3, -0.25) is 4.79 Å². The van der Waals surface area contributed by atoms with Crippen molar-refractivity contribution in [2.24, 2.45) is 0 Å². The molecule has 2 heterocycles. The second kappa shape index (κ2) is 9.20. The maximum Gasteiger partial charge on any atom is 0.339 e. The second-order valence-corrected chi connectivity index (χ2v) is 7.86. The minimum atomic E-state index is -1.15. The van der Waals surface area contributed by atoms with Crippen LogP contribution in [0.1, 0.15) is 37.2 Å². The quantitative estimate of drug-likeness (QED) is 0.421. The van der Waals surface area contributed by atoms with Gasteiger partial charge in [-0.15, -0.1) is 0 Å². The molecule has 2 aromatic heterocycles. The first-order chi connectivity index (χ1) is 15.8. The van der Waals surface area contributed by atoms with Gasteiger partial charge in [0, 0.05) is 11.6 Å². The van der Waals surface area contributed by atoms with Crippen LogP contribution in [0.2, 0.25) is 0 Å². The average Bonchev–Trinajstić information content (AvgIpc) is 3.24. The molecule has 0 fully saturated rings. The fraction of sp³-hybridized carbons (Fsp3) is 0.200. The molecule has 0 bridgehead atoms. The number of carbonyl (C=O) groups excluding carboxylic acids is 2. The minimum absolute atomic E-state index is 0.0151. The van der Waals surface area contributed by atoms with E-state index in [1.165, 1.54) is 25.1 Å². The van der Waals surface area contributed by atoms with Gasteiger partial charge < -0.3 is 10.1 Å². The molecule has 2 aromatic carbocycles. The highest BCUT2D eigenvalue weighted by molar-refractivity contribution is 6.05. The highest BCUT2D eigenvalue weighted by Crippen LogP contribution is 2.27. The summed E-state index contributed by atoms with van der Waals surface area (Å²) in [5.41, 5.74) is 2.22. The van der Waals surface area contributed by atoms with Crippen LogP contribution >= 0.6 is 0 Å². The van der Waals surface area contributed by atoms with Crippen LogP contribution < -0.4 is 5.32 Å². The molecule has 33 heavy (non-hydrogen) atoms. The van der Waals surface area contributed by atoms with Gasteiger partial charge in [0.25, 0.3) is 5.91 Å². The number of halogens is 1. The molecule has 0 aliphatic carbocycles. The highest BCUT2D eigenvalue weighted by Gasteiger charge is 2.24. The fourth-order valence-corrected chi connectivity index (χ4v) is 3.40. The van der Waals surface area contributed by atoms with Crippen molar-refractivity contribution < 1.29 is 18.7 Å². The number of ether oxygens (including phenoxy) is 1. The predicted molar refractivity (Wildman–Crippen MR) is 123 cm³/mol. The maximum absolute atomic E-state index is 13.8. The van der Waals surface area contributed by atoms with E-state index in [1.807, 2.05) is 44.2 Å². The highest BCUT2D eigenvalue weighted by atomic mass is 19.1. The zero-order valence-electron chi connectivity index (χ0n) is 18.4. The second-order valence-electron chi connectivity index (χ2n) is 7.86. The summed E-state index contributed by atoms with van der Waals surface area (Å²) in [6.07, 6.45) is 0.415. The summed E-state index contributed by atoms with van der Waals surface area (Å²) in [5, 5.41) is 7.34. The summed E-state index contributed by atoms with van der Waals surface area (Å²) in [6.45, 7) is 5.37. The lowest BCUT2D eigenvalue weighted by molar-refractivity contribution is -0.123. The van der Waals surface area contributed by atoms with Gasteiger partial charge in [-0.1, -0.05) is 42.5 Å². The number of esters is 1. The SMILES string of the molecule is CC(OC(=O)c1cc(-c2ccccc2)nc2c1cnn2C(C)C)C(=O)Nc1ccccc1F. The van der Waals surface area contributed by atoms with Crippen LogP contribution in [0, 0.1) is 5.82 Å². The maximum atomic E-state index is 13.8. The van der Waals surface area contributed by atoms with Crippen molar-refractivity contribution in [1.29, 1.82) is 0 Å². The van der Waals surface area contributed by atoms with Crippen molar-refractivity contribution in [2.75, 3.05) is 5.32 Å². The van der Waals surface area contributed by atoms with Crippen LogP contribution in [0.3, 0.4) is 0 Å². The Balaban J connectivity index is 1.65. The molecular weight excluding hydrogens is 423 g/mol. The van der Waals surface area contributed by atoms with Gasteiger partial charge in [0.05, 0.1) is 28.5 Å². The van der Waals surface area contributed by atoms with Crippen molar-refractivity contribution in [3.05, 3.63) is 78.2 Å². The van der Waals surface area contributed by atoms with Crippen LogP contribution in [0.4, 0.5) is 10.1 Å². The lowest BCUT2D eigenvalue weighted by atomic mass is 10.1. The number of rotatable bonds is 6. The molecule has 0 aliphatic heterocycles. The van der Waals surface area contributed by atoms with Gasteiger partial charge in [-0.05, 0) is 39.0 Å². The van der Waals surface area contributed by atoms with Gasteiger partial charge in [-0.25, -0.2) is 18.9 Å². The normalized spacial score (nSPS) is 12.0. The Labute approximate surface area is 190 Å². The van der Waals surface area contributed by atoms with Crippen LogP contribution in [-0.4, -0.2) is 32.7 Å². The fourth-order valence-electron chi connectivity index (χ4n) is 3.40. The molecule has 1 unspecified atom stereocenters. The van der Waals surface area contributed by atoms with E-state index in [-0.39, 0.29) is 17.3 Å². The third-order valence-corrected chi connectivity index (χ3v) is 5.13. The molecule has 1 atom stereocenters. The Morgan fingerprint density at radius 2 is 1.73 bits per heavy atom. The van der Waals surface area contributed by atoms with E-state index >= 15 is 0 Å². The Bertz CT molecular complexity index is 1320. The molecule has 1 amide bonds. The first-order valence-corrected chi connectivity index (χ1v) is 10.5. The monoisotopic (exact) mass is 446 g/mol. The number of nitrogens with one attached hydrogen (secondary N) is 1. The molecule has 0 saturated carbocycles. The lowest BCUT2D eigenvalue weighted by Gasteiger charge is -2.15. The number of pyridine rings is 1. The van der Waals surface area contributed by atoms with Gasteiger partial charge in [0.2, 0.25) is 0 Å². The summed E-state index contributed by atoms with van der Waals surface area (Å²) in [6, 6.07) is 16.9. The Morgan fingerprint density at radius 3 is 2.42 bits per heavy atom. The Morgan fingerprint density at radius 1 is 1.03 bits per heavy atom. The van der Waals surface area contributed by atoms with Gasteiger partial charge in [-0.2, -0.15) is 5.10 Å². The van der Waals surface area contributed by atoms with Gasteiger partial charge in [0.15, 0.2) is 11.8 Å². The number of aromatic nitrogens is 3. The van der Waals surface area contributed by atoms with Crippen LogP contribution in [0.15, 0.2) is 66.9 Å². The lowest BCUT2D eigenvalue weighted by Crippen LogP contribution is -2.30. The molecule has 0 aliphatic rings. The molecule has 0 saturated heterocycles. The van der Waals surface area contributed by atoms with E-state index in [0.717, 1.165) is 5.56 Å². The number of nitrogens with zero attached hydrogens (tertiary/aromatic N) is 3. The molecule has 7 nitrogen and oxygen atoms in total. The standard InChI is InChI=1S/C25H23FN4O3/c1-15(2)30-23-19(14-27-30)18(13-22(28-23)17-9-5-4-6-10-17)25(32)33-16(3)24(31)29-21-12-8-7-11-20(21)26/h4-16H,1-3H3,(H,29,31). The summed E-state index contributed by atoms with van der Waals surface area (Å²) < 4.78 is 21.0. The molecule has 4 aromatic rings.